The minimum atomic E-state index is -3.68. The Morgan fingerprint density at radius 1 is 1.00 bits per heavy atom. The highest BCUT2D eigenvalue weighted by molar-refractivity contribution is 7.89. The van der Waals surface area contributed by atoms with E-state index < -0.39 is 15.4 Å². The molecule has 1 aliphatic carbocycles. The quantitative estimate of drug-likeness (QED) is 0.456. The lowest BCUT2D eigenvalue weighted by atomic mass is 9.94. The molecule has 8 nitrogen and oxygen atoms in total. The fourth-order valence-electron chi connectivity index (χ4n) is 4.52. The second-order valence-corrected chi connectivity index (χ2v) is 10.9. The minimum Gasteiger partial charge on any atom is -0.454 e. The van der Waals surface area contributed by atoms with Crippen LogP contribution in [0, 0.1) is 0 Å². The van der Waals surface area contributed by atoms with E-state index in [4.69, 9.17) is 14.6 Å². The maximum Gasteiger partial charge on any atom is 0.243 e. The van der Waals surface area contributed by atoms with Gasteiger partial charge in [-0.15, -0.1) is 0 Å². The van der Waals surface area contributed by atoms with Gasteiger partial charge in [-0.1, -0.05) is 37.3 Å². The van der Waals surface area contributed by atoms with Crippen molar-refractivity contribution in [3.63, 3.8) is 0 Å². The molecule has 0 saturated heterocycles. The van der Waals surface area contributed by atoms with Gasteiger partial charge in [-0.2, -0.15) is 4.31 Å². The molecule has 3 aromatic carbocycles. The number of nitrogens with one attached hydrogen (secondary N) is 1. The molecule has 5 rings (SSSR count). The largest absolute Gasteiger partial charge is 0.454 e. The number of carbonyl (C=O) groups excluding carboxylic acids is 1. The molecule has 0 atom stereocenters. The monoisotopic (exact) mass is 508 g/mol. The van der Waals surface area contributed by atoms with Crippen molar-refractivity contribution < 1.29 is 27.8 Å². The number of sulfonamides is 1. The number of aliphatic hydroxyl groups excluding tert-OH is 1. The molecule has 1 heterocycles. The smallest absolute Gasteiger partial charge is 0.243 e. The molecular weight excluding hydrogens is 480 g/mol. The zero-order valence-electron chi connectivity index (χ0n) is 19.9. The van der Waals surface area contributed by atoms with E-state index in [1.807, 2.05) is 42.5 Å². The third-order valence-electron chi connectivity index (χ3n) is 6.76. The minimum absolute atomic E-state index is 0.0517. The summed E-state index contributed by atoms with van der Waals surface area (Å²) in [6, 6.07) is 19.8. The molecule has 0 unspecified atom stereocenters. The molecular formula is C27H28N2O6S. The number of hydrogen-bond acceptors (Lipinski definition) is 6. The highest BCUT2D eigenvalue weighted by Crippen LogP contribution is 2.51. The van der Waals surface area contributed by atoms with Crippen LogP contribution in [0.15, 0.2) is 71.6 Å². The Hall–Kier alpha value is -3.40. The average Bonchev–Trinajstić information content (AvgIpc) is 3.58. The Balaban J connectivity index is 1.33. The second-order valence-electron chi connectivity index (χ2n) is 8.93. The number of benzene rings is 3. The standard InChI is InChI=1S/C27H28N2O6S/c1-2-29(14-15-30)36(32,33)23-9-6-19(7-10-23)20-4-3-5-22(16-20)28-26(31)27(12-13-27)21-8-11-24-25(17-21)35-18-34-24/h3-11,16-17,30H,2,12-15,18H2,1H3,(H,28,31). The molecule has 0 radical (unpaired) electrons. The third kappa shape index (κ3) is 4.45. The van der Waals surface area contributed by atoms with Gasteiger partial charge < -0.3 is 19.9 Å². The van der Waals surface area contributed by atoms with Gasteiger partial charge in [0.15, 0.2) is 11.5 Å². The number of carbonyl (C=O) groups is 1. The maximum absolute atomic E-state index is 13.3. The molecule has 36 heavy (non-hydrogen) atoms. The Labute approximate surface area is 210 Å². The number of rotatable bonds is 9. The Kier molecular flexibility index (Phi) is 6.46. The molecule has 0 bridgehead atoms. The summed E-state index contributed by atoms with van der Waals surface area (Å²) in [5.74, 6) is 1.29. The van der Waals surface area contributed by atoms with Gasteiger partial charge in [0.1, 0.15) is 0 Å². The summed E-state index contributed by atoms with van der Waals surface area (Å²) in [5.41, 5.74) is 2.69. The summed E-state index contributed by atoms with van der Waals surface area (Å²) >= 11 is 0. The topological polar surface area (TPSA) is 105 Å². The van der Waals surface area contributed by atoms with Crippen molar-refractivity contribution in [3.8, 4) is 22.6 Å². The molecule has 9 heteroatoms. The van der Waals surface area contributed by atoms with Crippen molar-refractivity contribution in [1.29, 1.82) is 0 Å². The summed E-state index contributed by atoms with van der Waals surface area (Å²) in [6.07, 6.45) is 1.53. The lowest BCUT2D eigenvalue weighted by Crippen LogP contribution is -2.33. The molecule has 1 aliphatic heterocycles. The van der Waals surface area contributed by atoms with E-state index in [1.54, 1.807) is 31.2 Å². The molecule has 0 aromatic heterocycles. The van der Waals surface area contributed by atoms with E-state index in [0.29, 0.717) is 17.2 Å². The van der Waals surface area contributed by atoms with E-state index in [9.17, 15) is 13.2 Å². The molecule has 1 amide bonds. The summed E-state index contributed by atoms with van der Waals surface area (Å²) in [5, 5.41) is 12.2. The lowest BCUT2D eigenvalue weighted by Gasteiger charge is -2.19. The van der Waals surface area contributed by atoms with Crippen LogP contribution in [0.1, 0.15) is 25.3 Å². The number of nitrogens with zero attached hydrogens (tertiary/aromatic N) is 1. The number of anilines is 1. The van der Waals surface area contributed by atoms with Crippen molar-refractivity contribution in [1.82, 2.24) is 4.31 Å². The number of fused-ring (bicyclic) bond motifs is 1. The number of ether oxygens (including phenoxy) is 2. The van der Waals surface area contributed by atoms with Crippen LogP contribution in [0.25, 0.3) is 11.1 Å². The van der Waals surface area contributed by atoms with Crippen LogP contribution < -0.4 is 14.8 Å². The summed E-state index contributed by atoms with van der Waals surface area (Å²) in [7, 11) is -3.68. The molecule has 1 fully saturated rings. The number of likely N-dealkylation sites (N-methyl/N-ethyl adjacent to an activating group) is 1. The zero-order valence-corrected chi connectivity index (χ0v) is 20.8. The van der Waals surface area contributed by atoms with Crippen molar-refractivity contribution in [2.24, 2.45) is 0 Å². The third-order valence-corrected chi connectivity index (χ3v) is 8.75. The molecule has 2 N–H and O–H groups in total. The van der Waals surface area contributed by atoms with Gasteiger partial charge >= 0.3 is 0 Å². The van der Waals surface area contributed by atoms with E-state index in [2.05, 4.69) is 5.32 Å². The van der Waals surface area contributed by atoms with Gasteiger partial charge in [-0.3, -0.25) is 4.79 Å². The predicted molar refractivity (Wildman–Crippen MR) is 136 cm³/mol. The van der Waals surface area contributed by atoms with Crippen LogP contribution in [0.4, 0.5) is 5.69 Å². The number of aliphatic hydroxyl groups is 1. The average molecular weight is 509 g/mol. The van der Waals surface area contributed by atoms with Crippen molar-refractivity contribution in [3.05, 3.63) is 72.3 Å². The van der Waals surface area contributed by atoms with Gasteiger partial charge in [-0.25, -0.2) is 8.42 Å². The van der Waals surface area contributed by atoms with Crippen molar-refractivity contribution in [2.75, 3.05) is 31.8 Å². The normalized spacial score (nSPS) is 15.6. The first-order valence-corrected chi connectivity index (χ1v) is 13.3. The van der Waals surface area contributed by atoms with Gasteiger partial charge in [-0.05, 0) is 65.9 Å². The van der Waals surface area contributed by atoms with Crippen molar-refractivity contribution >= 4 is 21.6 Å². The van der Waals surface area contributed by atoms with E-state index in [0.717, 1.165) is 29.5 Å². The van der Waals surface area contributed by atoms with Gasteiger partial charge in [0, 0.05) is 18.8 Å². The lowest BCUT2D eigenvalue weighted by molar-refractivity contribution is -0.118. The molecule has 2 aliphatic rings. The Bertz CT molecular complexity index is 1380. The van der Waals surface area contributed by atoms with Crippen LogP contribution in [0.3, 0.4) is 0 Å². The van der Waals surface area contributed by atoms with Gasteiger partial charge in [0.2, 0.25) is 22.7 Å². The van der Waals surface area contributed by atoms with Gasteiger partial charge in [0.05, 0.1) is 16.9 Å². The fourth-order valence-corrected chi connectivity index (χ4v) is 5.96. The van der Waals surface area contributed by atoms with E-state index in [1.165, 1.54) is 4.31 Å². The van der Waals surface area contributed by atoms with Crippen molar-refractivity contribution in [2.45, 2.75) is 30.1 Å². The highest BCUT2D eigenvalue weighted by Gasteiger charge is 2.51. The first kappa shape index (κ1) is 24.3. The fraction of sp³-hybridized carbons (Fsp3) is 0.296. The van der Waals surface area contributed by atoms with E-state index in [-0.39, 0.29) is 37.3 Å². The van der Waals surface area contributed by atoms with E-state index >= 15 is 0 Å². The Morgan fingerprint density at radius 2 is 1.75 bits per heavy atom. The number of amides is 1. The second kappa shape index (κ2) is 9.57. The predicted octanol–water partition coefficient (Wildman–Crippen LogP) is 3.76. The molecule has 1 saturated carbocycles. The first-order chi connectivity index (χ1) is 17.4. The Morgan fingerprint density at radius 3 is 2.44 bits per heavy atom. The first-order valence-electron chi connectivity index (χ1n) is 11.9. The van der Waals surface area contributed by atoms with Gasteiger partial charge in [0.25, 0.3) is 0 Å². The SMILES string of the molecule is CCN(CCO)S(=O)(=O)c1ccc(-c2cccc(NC(=O)C3(c4ccc5c(c4)OCO5)CC3)c2)cc1. The maximum atomic E-state index is 13.3. The molecule has 188 valence electrons. The molecule has 0 spiro atoms. The summed E-state index contributed by atoms with van der Waals surface area (Å²) in [4.78, 5) is 13.4. The van der Waals surface area contributed by atoms with Crippen LogP contribution in [-0.2, 0) is 20.2 Å². The van der Waals surface area contributed by atoms with Crippen LogP contribution in [0.2, 0.25) is 0 Å². The van der Waals surface area contributed by atoms with Crippen LogP contribution in [-0.4, -0.2) is 50.2 Å². The summed E-state index contributed by atoms with van der Waals surface area (Å²) in [6.45, 7) is 2.02. The highest BCUT2D eigenvalue weighted by atomic mass is 32.2. The summed E-state index contributed by atoms with van der Waals surface area (Å²) < 4.78 is 37.7. The number of hydrogen-bond donors (Lipinski definition) is 2. The van der Waals surface area contributed by atoms with Crippen LogP contribution in [0.5, 0.6) is 11.5 Å². The van der Waals surface area contributed by atoms with Crippen LogP contribution >= 0.6 is 0 Å². The zero-order chi connectivity index (χ0) is 25.3. The molecule has 3 aromatic rings.